The maximum atomic E-state index is 12.5. The fourth-order valence-corrected chi connectivity index (χ4v) is 4.22. The summed E-state index contributed by atoms with van der Waals surface area (Å²) in [5, 5.41) is 0. The van der Waals surface area contributed by atoms with Crippen LogP contribution in [0.2, 0.25) is 0 Å². The first-order valence-electron chi connectivity index (χ1n) is 7.78. The van der Waals surface area contributed by atoms with Gasteiger partial charge in [0.05, 0.1) is 17.9 Å². The highest BCUT2D eigenvalue weighted by molar-refractivity contribution is 9.10. The van der Waals surface area contributed by atoms with Crippen LogP contribution >= 0.6 is 15.9 Å². The molecule has 0 aromatic carbocycles. The molecule has 0 atom stereocenters. The Morgan fingerprint density at radius 1 is 1.25 bits per heavy atom. The summed E-state index contributed by atoms with van der Waals surface area (Å²) in [4.78, 5) is 18.5. The molecule has 24 heavy (non-hydrogen) atoms. The Morgan fingerprint density at radius 3 is 2.62 bits per heavy atom. The lowest BCUT2D eigenvalue weighted by atomic mass is 10.2. The summed E-state index contributed by atoms with van der Waals surface area (Å²) in [5.41, 5.74) is 1.61. The molecule has 1 saturated heterocycles. The van der Waals surface area contributed by atoms with E-state index in [-0.39, 0.29) is 18.1 Å². The van der Waals surface area contributed by atoms with Gasteiger partial charge in [0.15, 0.2) is 0 Å². The summed E-state index contributed by atoms with van der Waals surface area (Å²) in [6, 6.07) is 3.79. The van der Waals surface area contributed by atoms with Crippen LogP contribution in [0.25, 0.3) is 5.65 Å². The van der Waals surface area contributed by atoms with Crippen LogP contribution < -0.4 is 0 Å². The minimum Gasteiger partial charge on any atom is -0.340 e. The number of sulfonamides is 1. The third-order valence-electron chi connectivity index (χ3n) is 4.23. The summed E-state index contributed by atoms with van der Waals surface area (Å²) in [6.45, 7) is 3.22. The molecule has 0 unspecified atom stereocenters. The molecule has 7 nitrogen and oxygen atoms in total. The Hall–Kier alpha value is -1.45. The van der Waals surface area contributed by atoms with E-state index in [0.717, 1.165) is 15.8 Å². The standard InChI is InChI=1S/C15H19BrN4O3S/c1-2-24(22,23)19-7-5-18(6-8-19)15(21)9-13-10-17-14-4-3-12(16)11-20(13)14/h3-4,10-11H,2,5-9H2,1H3. The van der Waals surface area contributed by atoms with Crippen LogP contribution in [-0.2, 0) is 21.2 Å². The molecule has 1 fully saturated rings. The molecular weight excluding hydrogens is 396 g/mol. The molecule has 0 spiro atoms. The van der Waals surface area contributed by atoms with E-state index in [1.54, 1.807) is 18.0 Å². The minimum atomic E-state index is -3.18. The van der Waals surface area contributed by atoms with Crippen LogP contribution in [0, 0.1) is 0 Å². The number of pyridine rings is 1. The van der Waals surface area contributed by atoms with E-state index in [1.807, 2.05) is 22.7 Å². The SMILES string of the molecule is CCS(=O)(=O)N1CCN(C(=O)Cc2cnc3ccc(Br)cn23)CC1. The number of nitrogens with zero attached hydrogens (tertiary/aromatic N) is 4. The molecule has 9 heteroatoms. The number of halogens is 1. The average Bonchev–Trinajstić information content (AvgIpc) is 2.97. The van der Waals surface area contributed by atoms with Gasteiger partial charge in [-0.25, -0.2) is 13.4 Å². The lowest BCUT2D eigenvalue weighted by Crippen LogP contribution is -2.51. The predicted molar refractivity (Wildman–Crippen MR) is 94.2 cm³/mol. The summed E-state index contributed by atoms with van der Waals surface area (Å²) in [7, 11) is -3.18. The van der Waals surface area contributed by atoms with Gasteiger partial charge in [0.2, 0.25) is 15.9 Å². The van der Waals surface area contributed by atoms with Crippen molar-refractivity contribution in [3.63, 3.8) is 0 Å². The lowest BCUT2D eigenvalue weighted by Gasteiger charge is -2.33. The normalized spacial score (nSPS) is 16.7. The molecule has 1 amide bonds. The van der Waals surface area contributed by atoms with Crippen molar-refractivity contribution in [1.82, 2.24) is 18.6 Å². The fraction of sp³-hybridized carbons (Fsp3) is 0.467. The topological polar surface area (TPSA) is 75.0 Å². The fourth-order valence-electron chi connectivity index (χ4n) is 2.80. The highest BCUT2D eigenvalue weighted by Gasteiger charge is 2.27. The van der Waals surface area contributed by atoms with Crippen molar-refractivity contribution in [1.29, 1.82) is 0 Å². The number of carbonyl (C=O) groups is 1. The van der Waals surface area contributed by atoms with E-state index in [0.29, 0.717) is 26.2 Å². The van der Waals surface area contributed by atoms with Gasteiger partial charge in [0, 0.05) is 43.0 Å². The van der Waals surface area contributed by atoms with Gasteiger partial charge in [-0.1, -0.05) is 0 Å². The Morgan fingerprint density at radius 2 is 1.96 bits per heavy atom. The third kappa shape index (κ3) is 3.47. The third-order valence-corrected chi connectivity index (χ3v) is 6.58. The van der Waals surface area contributed by atoms with Crippen molar-refractivity contribution in [2.45, 2.75) is 13.3 Å². The van der Waals surface area contributed by atoms with Crippen LogP contribution in [0.5, 0.6) is 0 Å². The van der Waals surface area contributed by atoms with Gasteiger partial charge in [0.1, 0.15) is 5.65 Å². The molecule has 0 aliphatic carbocycles. The van der Waals surface area contributed by atoms with Crippen molar-refractivity contribution in [2.24, 2.45) is 0 Å². The van der Waals surface area contributed by atoms with Crippen molar-refractivity contribution in [3.8, 4) is 0 Å². The number of rotatable bonds is 4. The van der Waals surface area contributed by atoms with E-state index < -0.39 is 10.0 Å². The van der Waals surface area contributed by atoms with Gasteiger partial charge in [-0.2, -0.15) is 4.31 Å². The maximum Gasteiger partial charge on any atom is 0.228 e. The van der Waals surface area contributed by atoms with Crippen LogP contribution in [0.15, 0.2) is 29.0 Å². The second kappa shape index (κ2) is 6.81. The minimum absolute atomic E-state index is 0.00896. The molecule has 0 bridgehead atoms. The number of aromatic nitrogens is 2. The molecule has 1 aliphatic heterocycles. The van der Waals surface area contributed by atoms with Crippen molar-refractivity contribution in [3.05, 3.63) is 34.7 Å². The van der Waals surface area contributed by atoms with E-state index in [9.17, 15) is 13.2 Å². The average molecular weight is 415 g/mol. The first-order valence-corrected chi connectivity index (χ1v) is 10.2. The van der Waals surface area contributed by atoms with Gasteiger partial charge < -0.3 is 9.30 Å². The number of hydrogen-bond acceptors (Lipinski definition) is 4. The molecule has 0 N–H and O–H groups in total. The summed E-state index contributed by atoms with van der Waals surface area (Å²) in [5.74, 6) is 0.0859. The van der Waals surface area contributed by atoms with Crippen molar-refractivity contribution >= 4 is 37.5 Å². The Bertz CT molecular complexity index is 857. The molecular formula is C15H19BrN4O3S. The van der Waals surface area contributed by atoms with Gasteiger partial charge >= 0.3 is 0 Å². The molecule has 2 aromatic heterocycles. The largest absolute Gasteiger partial charge is 0.340 e. The van der Waals surface area contributed by atoms with Gasteiger partial charge in [-0.15, -0.1) is 0 Å². The zero-order valence-corrected chi connectivity index (χ0v) is 15.8. The molecule has 3 heterocycles. The quantitative estimate of drug-likeness (QED) is 0.751. The van der Waals surface area contributed by atoms with Crippen LogP contribution in [0.4, 0.5) is 0 Å². The predicted octanol–water partition coefficient (Wildman–Crippen LogP) is 1.13. The molecule has 3 rings (SSSR count). The van der Waals surface area contributed by atoms with Crippen LogP contribution in [0.1, 0.15) is 12.6 Å². The number of amides is 1. The summed E-state index contributed by atoms with van der Waals surface area (Å²) >= 11 is 3.42. The van der Waals surface area contributed by atoms with Crippen LogP contribution in [0.3, 0.4) is 0 Å². The van der Waals surface area contributed by atoms with Gasteiger partial charge in [0.25, 0.3) is 0 Å². The molecule has 130 valence electrons. The van der Waals surface area contributed by atoms with E-state index in [4.69, 9.17) is 0 Å². The smallest absolute Gasteiger partial charge is 0.228 e. The molecule has 0 saturated carbocycles. The molecule has 2 aromatic rings. The number of fused-ring (bicyclic) bond motifs is 1. The molecule has 1 aliphatic rings. The van der Waals surface area contributed by atoms with E-state index in [1.165, 1.54) is 4.31 Å². The summed E-state index contributed by atoms with van der Waals surface area (Å²) in [6.07, 6.45) is 3.84. The van der Waals surface area contributed by atoms with Crippen molar-refractivity contribution < 1.29 is 13.2 Å². The zero-order chi connectivity index (χ0) is 17.3. The number of imidazole rings is 1. The Labute approximate surface area is 149 Å². The number of hydrogen-bond donors (Lipinski definition) is 0. The first kappa shape index (κ1) is 17.4. The highest BCUT2D eigenvalue weighted by atomic mass is 79.9. The van der Waals surface area contributed by atoms with E-state index in [2.05, 4.69) is 20.9 Å². The zero-order valence-electron chi connectivity index (χ0n) is 13.4. The highest BCUT2D eigenvalue weighted by Crippen LogP contribution is 2.15. The van der Waals surface area contributed by atoms with Gasteiger partial charge in [-0.05, 0) is 35.0 Å². The Balaban J connectivity index is 1.67. The first-order chi connectivity index (χ1) is 11.4. The molecule has 0 radical (unpaired) electrons. The lowest BCUT2D eigenvalue weighted by molar-refractivity contribution is -0.131. The number of piperazine rings is 1. The van der Waals surface area contributed by atoms with Crippen LogP contribution in [-0.4, -0.2) is 64.8 Å². The number of carbonyl (C=O) groups excluding carboxylic acids is 1. The van der Waals surface area contributed by atoms with Crippen molar-refractivity contribution in [2.75, 3.05) is 31.9 Å². The monoisotopic (exact) mass is 414 g/mol. The van der Waals surface area contributed by atoms with Gasteiger partial charge in [-0.3, -0.25) is 4.79 Å². The second-order valence-corrected chi connectivity index (χ2v) is 8.86. The van der Waals surface area contributed by atoms with E-state index >= 15 is 0 Å². The summed E-state index contributed by atoms with van der Waals surface area (Å²) < 4.78 is 28.0. The maximum absolute atomic E-state index is 12.5. The Kier molecular flexibility index (Phi) is 4.93. The second-order valence-electron chi connectivity index (χ2n) is 5.68.